The molecule has 0 aliphatic carbocycles. The Hall–Kier alpha value is -3.11. The van der Waals surface area contributed by atoms with Crippen LogP contribution in [0.1, 0.15) is 18.2 Å². The number of fused-ring (bicyclic) bond motifs is 1. The Morgan fingerprint density at radius 2 is 1.41 bits per heavy atom. The van der Waals surface area contributed by atoms with Crippen molar-refractivity contribution in [2.45, 2.75) is 11.8 Å². The Morgan fingerprint density at radius 3 is 2.07 bits per heavy atom. The average molecular weight is 373 g/mol. The van der Waals surface area contributed by atoms with E-state index in [0.29, 0.717) is 11.2 Å². The molecule has 0 spiro atoms. The molecule has 1 heterocycles. The summed E-state index contributed by atoms with van der Waals surface area (Å²) in [6.45, 7) is 1.93. The van der Waals surface area contributed by atoms with Crippen LogP contribution in [0, 0.1) is 0 Å². The second kappa shape index (κ2) is 6.89. The van der Waals surface area contributed by atoms with E-state index in [9.17, 15) is 8.42 Å². The normalized spacial score (nSPS) is 12.4. The molecule has 0 aliphatic heterocycles. The molecule has 0 radical (unpaired) electrons. The largest absolute Gasteiger partial charge is 0.268 e. The van der Waals surface area contributed by atoms with Gasteiger partial charge in [-0.25, -0.2) is 12.4 Å². The van der Waals surface area contributed by atoms with E-state index in [-0.39, 0.29) is 4.90 Å². The van der Waals surface area contributed by atoms with E-state index in [1.54, 1.807) is 24.3 Å². The van der Waals surface area contributed by atoms with Gasteiger partial charge in [-0.05, 0) is 36.8 Å². The van der Waals surface area contributed by atoms with E-state index in [1.165, 1.54) is 3.97 Å². The molecule has 1 aromatic heterocycles. The molecule has 0 bridgehead atoms. The molecule has 4 rings (SSSR count). The Kier molecular flexibility index (Phi) is 4.42. The SMILES string of the molecule is C/C=C(\c1ccccc1)c1cc2ccccc2n1S(=O)(=O)c1ccccc1. The molecule has 134 valence electrons. The third kappa shape index (κ3) is 2.98. The molecule has 0 saturated heterocycles. The van der Waals surface area contributed by atoms with Crippen molar-refractivity contribution in [2.24, 2.45) is 0 Å². The predicted molar refractivity (Wildman–Crippen MR) is 110 cm³/mol. The number of rotatable bonds is 4. The molecule has 0 aliphatic rings. The van der Waals surface area contributed by atoms with E-state index < -0.39 is 10.0 Å². The lowest BCUT2D eigenvalue weighted by Gasteiger charge is -2.14. The summed E-state index contributed by atoms with van der Waals surface area (Å²) in [6.07, 6.45) is 1.96. The Morgan fingerprint density at radius 1 is 0.815 bits per heavy atom. The molecule has 0 N–H and O–H groups in total. The molecular weight excluding hydrogens is 354 g/mol. The lowest BCUT2D eigenvalue weighted by atomic mass is 10.0. The second-order valence-electron chi connectivity index (χ2n) is 6.24. The fourth-order valence-corrected chi connectivity index (χ4v) is 4.90. The maximum absolute atomic E-state index is 13.5. The molecule has 3 aromatic carbocycles. The molecule has 0 fully saturated rings. The summed E-state index contributed by atoms with van der Waals surface area (Å²) in [5, 5.41) is 0.891. The molecule has 3 nitrogen and oxygen atoms in total. The van der Waals surface area contributed by atoms with Crippen LogP contribution >= 0.6 is 0 Å². The molecule has 0 unspecified atom stereocenters. The van der Waals surface area contributed by atoms with Crippen molar-refractivity contribution >= 4 is 26.5 Å². The Labute approximate surface area is 159 Å². The van der Waals surface area contributed by atoms with Gasteiger partial charge in [0.25, 0.3) is 10.0 Å². The van der Waals surface area contributed by atoms with Crippen molar-refractivity contribution in [1.82, 2.24) is 3.97 Å². The van der Waals surface area contributed by atoms with Gasteiger partial charge in [0.15, 0.2) is 0 Å². The summed E-state index contributed by atoms with van der Waals surface area (Å²) in [5.41, 5.74) is 3.19. The van der Waals surface area contributed by atoms with Crippen molar-refractivity contribution in [3.8, 4) is 0 Å². The standard InChI is InChI=1S/C23H19NO2S/c1-2-21(18-11-5-3-6-12-18)23-17-19-13-9-10-16-22(19)24(23)27(25,26)20-14-7-4-8-15-20/h2-17H,1H3/b21-2+. The van der Waals surface area contributed by atoms with E-state index in [1.807, 2.05) is 79.7 Å². The van der Waals surface area contributed by atoms with Crippen LogP contribution in [0.2, 0.25) is 0 Å². The van der Waals surface area contributed by atoms with Gasteiger partial charge in [-0.15, -0.1) is 0 Å². The molecule has 0 amide bonds. The number of para-hydroxylation sites is 1. The number of nitrogens with zero attached hydrogens (tertiary/aromatic N) is 1. The highest BCUT2D eigenvalue weighted by molar-refractivity contribution is 7.90. The highest BCUT2D eigenvalue weighted by Gasteiger charge is 2.24. The molecule has 4 heteroatoms. The summed E-state index contributed by atoms with van der Waals surface area (Å²) in [6, 6.07) is 27.9. The van der Waals surface area contributed by atoms with Crippen molar-refractivity contribution < 1.29 is 8.42 Å². The highest BCUT2D eigenvalue weighted by atomic mass is 32.2. The first-order chi connectivity index (χ1) is 13.1. The van der Waals surface area contributed by atoms with Gasteiger partial charge in [0, 0.05) is 11.0 Å². The van der Waals surface area contributed by atoms with Crippen LogP contribution in [0.15, 0.2) is 102 Å². The van der Waals surface area contributed by atoms with Crippen LogP contribution in [0.25, 0.3) is 16.5 Å². The number of hydrogen-bond donors (Lipinski definition) is 0. The predicted octanol–water partition coefficient (Wildman–Crippen LogP) is 5.33. The summed E-state index contributed by atoms with van der Waals surface area (Å²) in [5.74, 6) is 0. The minimum Gasteiger partial charge on any atom is -0.233 e. The van der Waals surface area contributed by atoms with E-state index >= 15 is 0 Å². The maximum Gasteiger partial charge on any atom is 0.268 e. The van der Waals surface area contributed by atoms with Gasteiger partial charge >= 0.3 is 0 Å². The van der Waals surface area contributed by atoms with E-state index in [0.717, 1.165) is 16.5 Å². The number of allylic oxidation sites excluding steroid dienone is 1. The third-order valence-electron chi connectivity index (χ3n) is 4.60. The van der Waals surface area contributed by atoms with Crippen LogP contribution in [0.4, 0.5) is 0 Å². The third-order valence-corrected chi connectivity index (χ3v) is 6.34. The zero-order chi connectivity index (χ0) is 18.9. The fraction of sp³-hybridized carbons (Fsp3) is 0.0435. The van der Waals surface area contributed by atoms with Gasteiger partial charge < -0.3 is 0 Å². The first-order valence-corrected chi connectivity index (χ1v) is 10.2. The highest BCUT2D eigenvalue weighted by Crippen LogP contribution is 2.32. The quantitative estimate of drug-likeness (QED) is 0.485. The van der Waals surface area contributed by atoms with Crippen LogP contribution in [0.5, 0.6) is 0 Å². The topological polar surface area (TPSA) is 39.1 Å². The monoisotopic (exact) mass is 373 g/mol. The van der Waals surface area contributed by atoms with E-state index in [4.69, 9.17) is 0 Å². The first kappa shape index (κ1) is 17.3. The van der Waals surface area contributed by atoms with Gasteiger partial charge in [0.05, 0.1) is 16.1 Å². The Balaban J connectivity index is 2.05. The van der Waals surface area contributed by atoms with Crippen molar-refractivity contribution in [2.75, 3.05) is 0 Å². The van der Waals surface area contributed by atoms with Crippen LogP contribution in [-0.4, -0.2) is 12.4 Å². The number of benzene rings is 3. The zero-order valence-electron chi connectivity index (χ0n) is 14.9. The van der Waals surface area contributed by atoms with E-state index in [2.05, 4.69) is 0 Å². The fourth-order valence-electron chi connectivity index (χ4n) is 3.35. The lowest BCUT2D eigenvalue weighted by molar-refractivity contribution is 0.588. The number of aromatic nitrogens is 1. The molecule has 0 atom stereocenters. The minimum atomic E-state index is -3.74. The lowest BCUT2D eigenvalue weighted by Crippen LogP contribution is -2.15. The molecule has 4 aromatic rings. The summed E-state index contributed by atoms with van der Waals surface area (Å²) >= 11 is 0. The second-order valence-corrected chi connectivity index (χ2v) is 8.03. The van der Waals surface area contributed by atoms with Crippen molar-refractivity contribution in [3.05, 3.63) is 108 Å². The van der Waals surface area contributed by atoms with Crippen LogP contribution in [-0.2, 0) is 10.0 Å². The van der Waals surface area contributed by atoms with Gasteiger partial charge in [-0.2, -0.15) is 0 Å². The molecule has 27 heavy (non-hydrogen) atoms. The molecule has 0 saturated carbocycles. The number of hydrogen-bond acceptors (Lipinski definition) is 2. The first-order valence-electron chi connectivity index (χ1n) is 8.76. The van der Waals surface area contributed by atoms with Crippen LogP contribution < -0.4 is 0 Å². The van der Waals surface area contributed by atoms with Gasteiger partial charge in [0.1, 0.15) is 0 Å². The minimum absolute atomic E-state index is 0.274. The zero-order valence-corrected chi connectivity index (χ0v) is 15.7. The maximum atomic E-state index is 13.5. The smallest absolute Gasteiger partial charge is 0.233 e. The van der Waals surface area contributed by atoms with Gasteiger partial charge in [-0.3, -0.25) is 0 Å². The summed E-state index contributed by atoms with van der Waals surface area (Å²) in [7, 11) is -3.74. The van der Waals surface area contributed by atoms with Crippen molar-refractivity contribution in [3.63, 3.8) is 0 Å². The average Bonchev–Trinajstić information content (AvgIpc) is 3.10. The summed E-state index contributed by atoms with van der Waals surface area (Å²) in [4.78, 5) is 0.274. The van der Waals surface area contributed by atoms with Crippen LogP contribution in [0.3, 0.4) is 0 Å². The van der Waals surface area contributed by atoms with Crippen molar-refractivity contribution in [1.29, 1.82) is 0 Å². The Bertz CT molecular complexity index is 1220. The van der Waals surface area contributed by atoms with Gasteiger partial charge in [-0.1, -0.05) is 72.8 Å². The summed E-state index contributed by atoms with van der Waals surface area (Å²) < 4.78 is 28.5. The molecular formula is C23H19NO2S. The van der Waals surface area contributed by atoms with Gasteiger partial charge in [0.2, 0.25) is 0 Å².